The molecule has 12 heteroatoms. The van der Waals surface area contributed by atoms with Crippen LogP contribution in [0.2, 0.25) is 0 Å². The average Bonchev–Trinajstić information content (AvgIpc) is 3.64. The van der Waals surface area contributed by atoms with Crippen LogP contribution in [0.1, 0.15) is 85.4 Å². The topological polar surface area (TPSA) is 130 Å². The van der Waals surface area contributed by atoms with Crippen LogP contribution in [-0.2, 0) is 11.3 Å². The summed E-state index contributed by atoms with van der Waals surface area (Å²) in [6.07, 6.45) is 6.69. The largest absolute Gasteiger partial charge is 0.347 e. The van der Waals surface area contributed by atoms with Crippen molar-refractivity contribution in [2.24, 2.45) is 0 Å². The van der Waals surface area contributed by atoms with E-state index in [9.17, 15) is 10.1 Å². The highest BCUT2D eigenvalue weighted by molar-refractivity contribution is 7.12. The van der Waals surface area contributed by atoms with Crippen LogP contribution in [0.4, 0.5) is 0 Å². The second-order valence-electron chi connectivity index (χ2n) is 10.1. The minimum Gasteiger partial charge on any atom is -0.347 e. The summed E-state index contributed by atoms with van der Waals surface area (Å²) in [4.78, 5) is 18.3. The standard InChI is InChI=1S/C24H32N10OS/c1-15(2)24-30-29-16(3)34(24)19-10-17-4-5-18(11-19)32(17)9-8-21(22-7-6-20(12-25)36-22)28-23(35)13-33-27-14-26-31-33/h6-7,14-15,17-19,21H,4-5,8-11,13H2,1-3H3,(H,28,35)/t17-,18-,21-/m0/s1. The van der Waals surface area contributed by atoms with E-state index in [0.717, 1.165) is 42.3 Å². The van der Waals surface area contributed by atoms with Crippen molar-refractivity contribution in [1.29, 1.82) is 5.26 Å². The van der Waals surface area contributed by atoms with E-state index in [1.54, 1.807) is 0 Å². The predicted molar refractivity (Wildman–Crippen MR) is 133 cm³/mol. The second-order valence-corrected chi connectivity index (χ2v) is 11.2. The van der Waals surface area contributed by atoms with Crippen LogP contribution in [0.25, 0.3) is 0 Å². The van der Waals surface area contributed by atoms with Crippen molar-refractivity contribution >= 4 is 17.2 Å². The van der Waals surface area contributed by atoms with Gasteiger partial charge in [-0.2, -0.15) is 10.1 Å². The Morgan fingerprint density at radius 2 is 2.00 bits per heavy atom. The average molecular weight is 509 g/mol. The second kappa shape index (κ2) is 10.4. The SMILES string of the molecule is Cc1nnc(C(C)C)n1C1C[C@@H]2CC[C@@H](C1)N2CC[C@H](NC(=O)Cn1ncnn1)c1ccc(C#N)s1. The Hall–Kier alpha value is -3.17. The van der Waals surface area contributed by atoms with E-state index in [1.807, 2.05) is 12.1 Å². The number of tetrazole rings is 1. The first-order valence-electron chi connectivity index (χ1n) is 12.6. The number of nitrogens with zero attached hydrogens (tertiary/aromatic N) is 9. The molecule has 11 nitrogen and oxygen atoms in total. The fourth-order valence-corrected chi connectivity index (χ4v) is 6.74. The van der Waals surface area contributed by atoms with Gasteiger partial charge in [0.25, 0.3) is 0 Å². The Balaban J connectivity index is 1.26. The van der Waals surface area contributed by atoms with Gasteiger partial charge in [0.15, 0.2) is 6.33 Å². The molecule has 3 aromatic heterocycles. The molecule has 5 rings (SSSR count). The third-order valence-electron chi connectivity index (χ3n) is 7.40. The summed E-state index contributed by atoms with van der Waals surface area (Å²) in [5.41, 5.74) is 0. The third-order valence-corrected chi connectivity index (χ3v) is 8.51. The van der Waals surface area contributed by atoms with Gasteiger partial charge in [0.2, 0.25) is 5.91 Å². The van der Waals surface area contributed by atoms with Gasteiger partial charge in [-0.05, 0) is 56.4 Å². The molecule has 0 saturated carbocycles. The Morgan fingerprint density at radius 3 is 2.64 bits per heavy atom. The van der Waals surface area contributed by atoms with Crippen LogP contribution < -0.4 is 5.32 Å². The Morgan fingerprint density at radius 1 is 1.22 bits per heavy atom. The maximum absolute atomic E-state index is 12.7. The number of hydrogen-bond acceptors (Lipinski definition) is 9. The molecule has 2 fully saturated rings. The molecule has 190 valence electrons. The molecule has 2 aliphatic rings. The molecule has 2 aliphatic heterocycles. The van der Waals surface area contributed by atoms with E-state index >= 15 is 0 Å². The lowest BCUT2D eigenvalue weighted by Crippen LogP contribution is -2.45. The molecule has 0 radical (unpaired) electrons. The molecule has 1 N–H and O–H groups in total. The number of thiophene rings is 1. The van der Waals surface area contributed by atoms with Gasteiger partial charge in [-0.15, -0.1) is 31.7 Å². The van der Waals surface area contributed by atoms with Crippen molar-refractivity contribution in [3.05, 3.63) is 39.9 Å². The third kappa shape index (κ3) is 5.03. The zero-order valence-electron chi connectivity index (χ0n) is 20.9. The number of aromatic nitrogens is 7. The molecule has 2 saturated heterocycles. The van der Waals surface area contributed by atoms with Crippen molar-refractivity contribution in [1.82, 2.24) is 45.2 Å². The molecular formula is C24H32N10OS. The number of rotatable bonds is 9. The minimum atomic E-state index is -0.170. The van der Waals surface area contributed by atoms with Gasteiger partial charge in [-0.3, -0.25) is 9.69 Å². The zero-order chi connectivity index (χ0) is 25.2. The summed E-state index contributed by atoms with van der Waals surface area (Å²) in [6.45, 7) is 7.33. The number of piperidine rings is 1. The summed E-state index contributed by atoms with van der Waals surface area (Å²) in [6, 6.07) is 7.28. The van der Waals surface area contributed by atoms with Crippen LogP contribution in [0.15, 0.2) is 18.5 Å². The van der Waals surface area contributed by atoms with Gasteiger partial charge < -0.3 is 9.88 Å². The van der Waals surface area contributed by atoms with E-state index < -0.39 is 0 Å². The van der Waals surface area contributed by atoms with Gasteiger partial charge in [0, 0.05) is 35.5 Å². The number of fused-ring (bicyclic) bond motifs is 2. The van der Waals surface area contributed by atoms with E-state index in [0.29, 0.717) is 28.9 Å². The molecule has 2 bridgehead atoms. The van der Waals surface area contributed by atoms with Crippen molar-refractivity contribution < 1.29 is 4.79 Å². The zero-order valence-corrected chi connectivity index (χ0v) is 21.7. The van der Waals surface area contributed by atoms with Crippen LogP contribution in [-0.4, -0.2) is 64.4 Å². The Bertz CT molecular complexity index is 1210. The van der Waals surface area contributed by atoms with E-state index in [-0.39, 0.29) is 18.5 Å². The highest BCUT2D eigenvalue weighted by atomic mass is 32.1. The molecule has 0 spiro atoms. The van der Waals surface area contributed by atoms with Gasteiger partial charge in [0.05, 0.1) is 6.04 Å². The van der Waals surface area contributed by atoms with Crippen molar-refractivity contribution in [2.45, 2.75) is 89.5 Å². The molecule has 0 unspecified atom stereocenters. The van der Waals surface area contributed by atoms with Gasteiger partial charge in [-0.25, -0.2) is 0 Å². The summed E-state index contributed by atoms with van der Waals surface area (Å²) in [5.74, 6) is 2.27. The predicted octanol–water partition coefficient (Wildman–Crippen LogP) is 2.75. The summed E-state index contributed by atoms with van der Waals surface area (Å²) in [7, 11) is 0. The minimum absolute atomic E-state index is 0.0140. The first-order chi connectivity index (χ1) is 17.4. The molecule has 3 aromatic rings. The molecule has 36 heavy (non-hydrogen) atoms. The molecule has 0 aromatic carbocycles. The molecule has 1 amide bonds. The summed E-state index contributed by atoms with van der Waals surface area (Å²) >= 11 is 1.44. The monoisotopic (exact) mass is 508 g/mol. The van der Waals surface area contributed by atoms with E-state index in [1.165, 1.54) is 35.3 Å². The number of aryl methyl sites for hydroxylation is 1. The molecule has 3 atom stereocenters. The number of nitriles is 1. The lowest BCUT2D eigenvalue weighted by atomic mass is 9.95. The molecular weight excluding hydrogens is 476 g/mol. The fourth-order valence-electron chi connectivity index (χ4n) is 5.85. The summed E-state index contributed by atoms with van der Waals surface area (Å²) < 4.78 is 2.38. The van der Waals surface area contributed by atoms with Crippen LogP contribution in [0.3, 0.4) is 0 Å². The summed E-state index contributed by atoms with van der Waals surface area (Å²) in [5, 5.41) is 32.7. The fraction of sp³-hybridized carbons (Fsp3) is 0.625. The van der Waals surface area contributed by atoms with Crippen molar-refractivity contribution in [3.63, 3.8) is 0 Å². The van der Waals surface area contributed by atoms with Gasteiger partial charge in [-0.1, -0.05) is 13.8 Å². The van der Waals surface area contributed by atoms with Crippen LogP contribution in [0, 0.1) is 18.3 Å². The molecule has 5 heterocycles. The smallest absolute Gasteiger partial charge is 0.244 e. The lowest BCUT2D eigenvalue weighted by molar-refractivity contribution is -0.122. The van der Waals surface area contributed by atoms with Crippen molar-refractivity contribution in [3.8, 4) is 6.07 Å². The maximum Gasteiger partial charge on any atom is 0.244 e. The Labute approximate surface area is 214 Å². The number of nitrogens with one attached hydrogen (secondary N) is 1. The van der Waals surface area contributed by atoms with E-state index in [2.05, 4.69) is 67.2 Å². The first kappa shape index (κ1) is 24.5. The highest BCUT2D eigenvalue weighted by Gasteiger charge is 2.42. The van der Waals surface area contributed by atoms with Gasteiger partial charge >= 0.3 is 0 Å². The number of carbonyl (C=O) groups excluding carboxylic acids is 1. The van der Waals surface area contributed by atoms with Crippen molar-refractivity contribution in [2.75, 3.05) is 6.54 Å². The highest BCUT2D eigenvalue weighted by Crippen LogP contribution is 2.42. The quantitative estimate of drug-likeness (QED) is 0.467. The van der Waals surface area contributed by atoms with Crippen LogP contribution >= 0.6 is 11.3 Å². The maximum atomic E-state index is 12.7. The van der Waals surface area contributed by atoms with E-state index in [4.69, 9.17) is 0 Å². The lowest BCUT2D eigenvalue weighted by Gasteiger charge is -2.40. The molecule has 0 aliphatic carbocycles. The number of carbonyl (C=O) groups is 1. The first-order valence-corrected chi connectivity index (χ1v) is 13.4. The van der Waals surface area contributed by atoms with Gasteiger partial charge in [0.1, 0.15) is 29.1 Å². The number of amides is 1. The Kier molecular flexibility index (Phi) is 7.11. The van der Waals surface area contributed by atoms with Crippen LogP contribution in [0.5, 0.6) is 0 Å². The normalized spacial score (nSPS) is 22.6. The number of hydrogen-bond donors (Lipinski definition) is 1.